The van der Waals surface area contributed by atoms with Crippen molar-refractivity contribution in [2.45, 2.75) is 0 Å². The van der Waals surface area contributed by atoms with Gasteiger partial charge in [0.05, 0.1) is 28.4 Å². The van der Waals surface area contributed by atoms with Gasteiger partial charge in [-0.15, -0.1) is 5.11 Å². The second-order valence-corrected chi connectivity index (χ2v) is 9.30. The number of rotatable bonds is 16. The van der Waals surface area contributed by atoms with Crippen LogP contribution in [0.15, 0.2) is 141 Å². The molecule has 244 valence electrons. The van der Waals surface area contributed by atoms with Gasteiger partial charge >= 0.3 is 11.9 Å². The van der Waals surface area contributed by atoms with E-state index in [9.17, 15) is 18.4 Å². The van der Waals surface area contributed by atoms with Crippen molar-refractivity contribution in [3.05, 3.63) is 122 Å². The molecule has 0 saturated heterocycles. The van der Waals surface area contributed by atoms with Gasteiger partial charge in [0, 0.05) is 24.3 Å². The minimum absolute atomic E-state index is 0.00483. The average Bonchev–Trinajstić information content (AvgIpc) is 3.11. The van der Waals surface area contributed by atoms with Gasteiger partial charge in [-0.1, -0.05) is 13.2 Å². The van der Waals surface area contributed by atoms with Crippen LogP contribution in [-0.4, -0.2) is 38.4 Å². The maximum atomic E-state index is 14.7. The van der Waals surface area contributed by atoms with Crippen molar-refractivity contribution in [2.24, 2.45) is 30.7 Å². The molecule has 0 fully saturated rings. The Balaban J connectivity index is 1.26. The first-order valence-electron chi connectivity index (χ1n) is 14.2. The zero-order chi connectivity index (χ0) is 34.1. The van der Waals surface area contributed by atoms with Crippen LogP contribution in [0.1, 0.15) is 0 Å². The summed E-state index contributed by atoms with van der Waals surface area (Å²) in [7, 11) is 0. The number of carbonyl (C=O) groups is 2. The van der Waals surface area contributed by atoms with Gasteiger partial charge in [-0.2, -0.15) is 25.6 Å². The molecule has 0 spiro atoms. The molecular weight excluding hydrogens is 626 g/mol. The van der Waals surface area contributed by atoms with E-state index in [1.807, 2.05) is 0 Å². The number of hydrogen-bond donors (Lipinski definition) is 0. The van der Waals surface area contributed by atoms with Crippen LogP contribution < -0.4 is 9.47 Å². The van der Waals surface area contributed by atoms with Gasteiger partial charge in [0.1, 0.15) is 37.9 Å². The van der Waals surface area contributed by atoms with Gasteiger partial charge in [-0.3, -0.25) is 0 Å². The average molecular weight is 655 g/mol. The van der Waals surface area contributed by atoms with E-state index in [4.69, 9.17) is 18.9 Å². The molecule has 0 bridgehead atoms. The Bertz CT molecular complexity index is 1830. The zero-order valence-electron chi connectivity index (χ0n) is 25.4. The van der Waals surface area contributed by atoms with Crippen molar-refractivity contribution in [3.8, 4) is 11.5 Å². The molecule has 0 N–H and O–H groups in total. The fourth-order valence-corrected chi connectivity index (χ4v) is 3.56. The van der Waals surface area contributed by atoms with Gasteiger partial charge in [0.2, 0.25) is 0 Å². The first kappa shape index (κ1) is 34.4. The maximum absolute atomic E-state index is 14.7. The molecular formula is C34H28F2N6O6. The summed E-state index contributed by atoms with van der Waals surface area (Å²) < 4.78 is 49.3. The molecule has 4 rings (SSSR count). The smallest absolute Gasteiger partial charge is 0.330 e. The highest BCUT2D eigenvalue weighted by atomic mass is 19.1. The van der Waals surface area contributed by atoms with Crippen molar-refractivity contribution < 1.29 is 37.3 Å². The Labute approximate surface area is 273 Å². The van der Waals surface area contributed by atoms with Gasteiger partial charge in [-0.25, -0.2) is 18.4 Å². The molecule has 0 aliphatic heterocycles. The van der Waals surface area contributed by atoms with Crippen molar-refractivity contribution in [1.82, 2.24) is 0 Å². The van der Waals surface area contributed by atoms with Crippen LogP contribution in [0, 0.1) is 11.6 Å². The normalized spacial score (nSPS) is 11.1. The van der Waals surface area contributed by atoms with Crippen LogP contribution in [-0.2, 0) is 19.1 Å². The van der Waals surface area contributed by atoms with E-state index in [0.29, 0.717) is 22.8 Å². The Kier molecular flexibility index (Phi) is 12.8. The lowest BCUT2D eigenvalue weighted by molar-refractivity contribution is -0.139. The highest BCUT2D eigenvalue weighted by molar-refractivity contribution is 5.81. The summed E-state index contributed by atoms with van der Waals surface area (Å²) in [4.78, 5) is 22.0. The molecule has 0 unspecified atom stereocenters. The van der Waals surface area contributed by atoms with E-state index in [-0.39, 0.29) is 49.2 Å². The Morgan fingerprint density at radius 2 is 0.979 bits per heavy atom. The molecule has 4 aromatic rings. The summed E-state index contributed by atoms with van der Waals surface area (Å²) in [6, 6.07) is 21.4. The molecule has 0 aromatic heterocycles. The minimum atomic E-state index is -0.652. The highest BCUT2D eigenvalue weighted by Crippen LogP contribution is 2.29. The van der Waals surface area contributed by atoms with Crippen molar-refractivity contribution in [3.63, 3.8) is 0 Å². The van der Waals surface area contributed by atoms with Crippen LogP contribution in [0.2, 0.25) is 0 Å². The van der Waals surface area contributed by atoms with E-state index >= 15 is 0 Å². The first-order valence-corrected chi connectivity index (χ1v) is 14.2. The highest BCUT2D eigenvalue weighted by Gasteiger charge is 2.06. The fourth-order valence-electron chi connectivity index (χ4n) is 3.56. The second-order valence-electron chi connectivity index (χ2n) is 9.30. The molecule has 0 aliphatic carbocycles. The predicted molar refractivity (Wildman–Crippen MR) is 172 cm³/mol. The van der Waals surface area contributed by atoms with Crippen molar-refractivity contribution in [2.75, 3.05) is 26.4 Å². The van der Waals surface area contributed by atoms with E-state index in [0.717, 1.165) is 18.2 Å². The molecule has 48 heavy (non-hydrogen) atoms. The van der Waals surface area contributed by atoms with Crippen molar-refractivity contribution in [1.29, 1.82) is 0 Å². The molecule has 12 nitrogen and oxygen atoms in total. The van der Waals surface area contributed by atoms with Gasteiger partial charge in [-0.05, 0) is 72.8 Å². The lowest BCUT2D eigenvalue weighted by Gasteiger charge is -2.07. The third kappa shape index (κ3) is 11.2. The maximum Gasteiger partial charge on any atom is 0.330 e. The van der Waals surface area contributed by atoms with Crippen LogP contribution in [0.3, 0.4) is 0 Å². The summed E-state index contributed by atoms with van der Waals surface area (Å²) >= 11 is 0. The summed E-state index contributed by atoms with van der Waals surface area (Å²) in [6.07, 6.45) is 2.10. The number of halogens is 2. The van der Waals surface area contributed by atoms with Gasteiger partial charge < -0.3 is 18.9 Å². The van der Waals surface area contributed by atoms with E-state index in [2.05, 4.69) is 43.8 Å². The molecule has 4 aromatic carbocycles. The molecule has 0 heterocycles. The molecule has 0 amide bonds. The molecule has 0 aliphatic rings. The topological polar surface area (TPSA) is 145 Å². The summed E-state index contributed by atoms with van der Waals surface area (Å²) in [5, 5.41) is 24.3. The van der Waals surface area contributed by atoms with E-state index < -0.39 is 23.6 Å². The zero-order valence-corrected chi connectivity index (χ0v) is 25.4. The predicted octanol–water partition coefficient (Wildman–Crippen LogP) is 9.43. The Hall–Kier alpha value is -6.44. The second kappa shape index (κ2) is 17.9. The van der Waals surface area contributed by atoms with Crippen LogP contribution in [0.25, 0.3) is 0 Å². The molecule has 14 heteroatoms. The lowest BCUT2D eigenvalue weighted by atomic mass is 10.3. The third-order valence-electron chi connectivity index (χ3n) is 5.88. The minimum Gasteiger partial charge on any atom is -0.490 e. The molecule has 0 atom stereocenters. The monoisotopic (exact) mass is 654 g/mol. The number of carbonyl (C=O) groups excluding carboxylic acids is 2. The number of benzene rings is 4. The number of hydrogen-bond acceptors (Lipinski definition) is 12. The fraction of sp³-hybridized carbons (Fsp3) is 0.118. The van der Waals surface area contributed by atoms with E-state index in [1.54, 1.807) is 54.6 Å². The number of azo groups is 3. The van der Waals surface area contributed by atoms with Gasteiger partial charge in [0.25, 0.3) is 0 Å². The van der Waals surface area contributed by atoms with Gasteiger partial charge in [0.15, 0.2) is 17.4 Å². The van der Waals surface area contributed by atoms with Crippen LogP contribution in [0.5, 0.6) is 11.5 Å². The third-order valence-corrected chi connectivity index (χ3v) is 5.88. The van der Waals surface area contributed by atoms with Crippen LogP contribution in [0.4, 0.5) is 42.9 Å². The standard InChI is InChI=1S/C34H28F2N6O6/c1-3-33(43)47-19-17-45-28-13-9-25(10-14-28)38-40-26-11-15-31(29(35)21-26)42-39-24-7-5-23(6-8-24)37-41-27-12-16-32(30(36)22-27)46-18-20-48-34(44)4-2/h3-16,21-22H,1-2,17-20H2. The largest absolute Gasteiger partial charge is 0.490 e. The lowest BCUT2D eigenvalue weighted by Crippen LogP contribution is -2.10. The van der Waals surface area contributed by atoms with E-state index in [1.165, 1.54) is 24.3 Å². The Morgan fingerprint density at radius 1 is 0.542 bits per heavy atom. The molecule has 0 radical (unpaired) electrons. The SMILES string of the molecule is C=CC(=O)OCCOc1ccc(N=Nc2ccc(N=Nc3ccc(N=Nc4ccc(OCCOC(=O)C=C)c(F)c4)cc3)c(F)c2)cc1. The molecule has 0 saturated carbocycles. The quantitative estimate of drug-likeness (QED) is 0.0509. The van der Waals surface area contributed by atoms with Crippen molar-refractivity contribution >= 4 is 46.1 Å². The summed E-state index contributed by atoms with van der Waals surface area (Å²) in [5.41, 5.74) is 1.96. The van der Waals surface area contributed by atoms with Crippen LogP contribution >= 0.6 is 0 Å². The number of nitrogens with zero attached hydrogens (tertiary/aromatic N) is 6. The summed E-state index contributed by atoms with van der Waals surface area (Å²) in [6.45, 7) is 6.79. The number of ether oxygens (including phenoxy) is 4. The number of esters is 2. The Morgan fingerprint density at radius 3 is 1.50 bits per heavy atom. The summed E-state index contributed by atoms with van der Waals surface area (Å²) in [5.74, 6) is -1.88. The first-order chi connectivity index (χ1) is 23.3.